The second kappa shape index (κ2) is 7.86. The van der Waals surface area contributed by atoms with Gasteiger partial charge in [-0.2, -0.15) is 4.98 Å². The molecule has 1 aromatic heterocycles. The summed E-state index contributed by atoms with van der Waals surface area (Å²) in [7, 11) is 0. The van der Waals surface area contributed by atoms with Crippen molar-refractivity contribution in [3.8, 4) is 0 Å². The first-order valence-corrected chi connectivity index (χ1v) is 9.46. The molecule has 1 amide bonds. The van der Waals surface area contributed by atoms with Crippen LogP contribution in [-0.2, 0) is 10.3 Å². The van der Waals surface area contributed by atoms with Crippen molar-refractivity contribution in [2.75, 3.05) is 5.75 Å². The number of benzene rings is 1. The molecule has 138 valence electrons. The van der Waals surface area contributed by atoms with Crippen molar-refractivity contribution in [2.45, 2.75) is 49.5 Å². The molecule has 26 heavy (non-hydrogen) atoms. The summed E-state index contributed by atoms with van der Waals surface area (Å²) in [6.45, 7) is 1.74. The van der Waals surface area contributed by atoms with E-state index < -0.39 is 10.5 Å². The smallest absolute Gasteiger partial charge is 0.269 e. The van der Waals surface area contributed by atoms with Gasteiger partial charge in [-0.05, 0) is 25.0 Å². The maximum atomic E-state index is 12.5. The van der Waals surface area contributed by atoms with Crippen molar-refractivity contribution in [2.24, 2.45) is 0 Å². The van der Waals surface area contributed by atoms with Gasteiger partial charge < -0.3 is 9.84 Å². The van der Waals surface area contributed by atoms with Crippen LogP contribution < -0.4 is 5.32 Å². The normalized spacial score (nSPS) is 16.2. The number of nitrogens with one attached hydrogen (secondary N) is 1. The first-order valence-electron chi connectivity index (χ1n) is 8.48. The van der Waals surface area contributed by atoms with Gasteiger partial charge in [0, 0.05) is 24.0 Å². The third-order valence-corrected chi connectivity index (χ3v) is 5.47. The van der Waals surface area contributed by atoms with Crippen LogP contribution in [0.1, 0.15) is 43.8 Å². The molecule has 8 nitrogen and oxygen atoms in total. The van der Waals surface area contributed by atoms with E-state index in [2.05, 4.69) is 15.5 Å². The number of hydrogen-bond acceptors (Lipinski definition) is 7. The largest absolute Gasteiger partial charge is 0.342 e. The van der Waals surface area contributed by atoms with E-state index >= 15 is 0 Å². The average Bonchev–Trinajstić information content (AvgIpc) is 3.08. The summed E-state index contributed by atoms with van der Waals surface area (Å²) in [5.74, 6) is 1.14. The number of nitro groups is 1. The molecule has 0 saturated heterocycles. The molecule has 1 aliphatic carbocycles. The maximum absolute atomic E-state index is 12.5. The quantitative estimate of drug-likeness (QED) is 0.467. The monoisotopic (exact) mass is 376 g/mol. The summed E-state index contributed by atoms with van der Waals surface area (Å²) in [5, 5.41) is 17.8. The highest BCUT2D eigenvalue weighted by Crippen LogP contribution is 2.36. The van der Waals surface area contributed by atoms with Crippen molar-refractivity contribution in [1.29, 1.82) is 0 Å². The predicted molar refractivity (Wildman–Crippen MR) is 95.8 cm³/mol. The number of rotatable bonds is 6. The maximum Gasteiger partial charge on any atom is 0.269 e. The molecule has 9 heteroatoms. The van der Waals surface area contributed by atoms with Crippen LogP contribution in [0, 0.1) is 17.0 Å². The summed E-state index contributed by atoms with van der Waals surface area (Å²) in [5.41, 5.74) is -0.532. The van der Waals surface area contributed by atoms with Crippen LogP contribution >= 0.6 is 11.8 Å². The van der Waals surface area contributed by atoms with Gasteiger partial charge >= 0.3 is 0 Å². The van der Waals surface area contributed by atoms with Crippen LogP contribution in [0.2, 0.25) is 0 Å². The molecule has 0 aliphatic heterocycles. The third kappa shape index (κ3) is 4.21. The van der Waals surface area contributed by atoms with Crippen molar-refractivity contribution in [3.63, 3.8) is 0 Å². The summed E-state index contributed by atoms with van der Waals surface area (Å²) >= 11 is 1.34. The van der Waals surface area contributed by atoms with Crippen molar-refractivity contribution >= 4 is 23.4 Å². The van der Waals surface area contributed by atoms with E-state index in [0.29, 0.717) is 11.7 Å². The Kier molecular flexibility index (Phi) is 5.55. The fourth-order valence-corrected chi connectivity index (χ4v) is 3.87. The molecule has 1 aromatic carbocycles. The van der Waals surface area contributed by atoms with Crippen LogP contribution in [0.15, 0.2) is 33.7 Å². The third-order valence-electron chi connectivity index (χ3n) is 4.46. The van der Waals surface area contributed by atoms with E-state index in [1.165, 1.54) is 23.9 Å². The van der Waals surface area contributed by atoms with Crippen LogP contribution in [0.5, 0.6) is 0 Å². The fourth-order valence-electron chi connectivity index (χ4n) is 3.17. The number of carbonyl (C=O) groups is 1. The van der Waals surface area contributed by atoms with Gasteiger partial charge in [0.05, 0.1) is 10.7 Å². The molecule has 0 unspecified atom stereocenters. The predicted octanol–water partition coefficient (Wildman–Crippen LogP) is 3.35. The second-order valence-corrected chi connectivity index (χ2v) is 7.42. The van der Waals surface area contributed by atoms with Crippen LogP contribution in [0.3, 0.4) is 0 Å². The molecule has 1 fully saturated rings. The highest BCUT2D eigenvalue weighted by atomic mass is 32.2. The number of aryl methyl sites for hydroxylation is 1. The Labute approximate surface area is 154 Å². The van der Waals surface area contributed by atoms with Gasteiger partial charge in [0.25, 0.3) is 5.69 Å². The zero-order valence-electron chi connectivity index (χ0n) is 14.4. The van der Waals surface area contributed by atoms with E-state index in [4.69, 9.17) is 4.52 Å². The molecule has 0 atom stereocenters. The number of nitro benzene ring substituents is 1. The Morgan fingerprint density at radius 2 is 2.00 bits per heavy atom. The lowest BCUT2D eigenvalue weighted by Crippen LogP contribution is -2.48. The highest BCUT2D eigenvalue weighted by Gasteiger charge is 2.39. The van der Waals surface area contributed by atoms with Gasteiger partial charge in [0.2, 0.25) is 11.8 Å². The standard InChI is InChI=1S/C17H20N4O4S/c1-12-18-16(20-25-12)17(9-3-2-4-10-17)19-15(22)11-26-14-7-5-13(6-8-14)21(23)24/h5-8H,2-4,9-11H2,1H3,(H,19,22). The molecule has 0 spiro atoms. The molecule has 0 bridgehead atoms. The van der Waals surface area contributed by atoms with Gasteiger partial charge in [-0.25, -0.2) is 0 Å². The summed E-state index contributed by atoms with van der Waals surface area (Å²) in [4.78, 5) is 27.9. The van der Waals surface area contributed by atoms with E-state index in [-0.39, 0.29) is 17.3 Å². The Bertz CT molecular complexity index is 784. The molecule has 1 heterocycles. The molecule has 0 radical (unpaired) electrons. The number of carbonyl (C=O) groups excluding carboxylic acids is 1. The molecule has 3 rings (SSSR count). The van der Waals surface area contributed by atoms with Crippen molar-refractivity contribution in [3.05, 3.63) is 46.1 Å². The van der Waals surface area contributed by atoms with Gasteiger partial charge in [0.15, 0.2) is 5.82 Å². The van der Waals surface area contributed by atoms with Gasteiger partial charge in [0.1, 0.15) is 5.54 Å². The van der Waals surface area contributed by atoms with Crippen LogP contribution in [-0.4, -0.2) is 26.7 Å². The fraction of sp³-hybridized carbons (Fsp3) is 0.471. The van der Waals surface area contributed by atoms with Crippen LogP contribution in [0.25, 0.3) is 0 Å². The number of aromatic nitrogens is 2. The lowest BCUT2D eigenvalue weighted by atomic mass is 9.81. The second-order valence-electron chi connectivity index (χ2n) is 6.37. The number of amides is 1. The number of nitrogens with zero attached hydrogens (tertiary/aromatic N) is 3. The molecule has 1 N–H and O–H groups in total. The number of hydrogen-bond donors (Lipinski definition) is 1. The number of thioether (sulfide) groups is 1. The Balaban J connectivity index is 1.64. The molecular formula is C17H20N4O4S. The average molecular weight is 376 g/mol. The first kappa shape index (κ1) is 18.4. The van der Waals surface area contributed by atoms with E-state index in [1.54, 1.807) is 19.1 Å². The highest BCUT2D eigenvalue weighted by molar-refractivity contribution is 8.00. The minimum absolute atomic E-state index is 0.0347. The summed E-state index contributed by atoms with van der Waals surface area (Å²) in [6.07, 6.45) is 4.72. The van der Waals surface area contributed by atoms with Crippen molar-refractivity contribution in [1.82, 2.24) is 15.5 Å². The lowest BCUT2D eigenvalue weighted by molar-refractivity contribution is -0.384. The van der Waals surface area contributed by atoms with Crippen molar-refractivity contribution < 1.29 is 14.2 Å². The van der Waals surface area contributed by atoms with E-state index in [1.807, 2.05) is 0 Å². The Hall–Kier alpha value is -2.42. The zero-order chi connectivity index (χ0) is 18.6. The van der Waals surface area contributed by atoms with Gasteiger partial charge in [-0.15, -0.1) is 11.8 Å². The first-order chi connectivity index (χ1) is 12.5. The Morgan fingerprint density at radius 3 is 2.58 bits per heavy atom. The minimum atomic E-state index is -0.566. The van der Waals surface area contributed by atoms with Gasteiger partial charge in [-0.3, -0.25) is 14.9 Å². The van der Waals surface area contributed by atoms with Gasteiger partial charge in [-0.1, -0.05) is 24.4 Å². The molecule has 1 aliphatic rings. The van der Waals surface area contributed by atoms with E-state index in [0.717, 1.165) is 37.0 Å². The summed E-state index contributed by atoms with van der Waals surface area (Å²) < 4.78 is 5.11. The molecular weight excluding hydrogens is 356 g/mol. The Morgan fingerprint density at radius 1 is 1.31 bits per heavy atom. The minimum Gasteiger partial charge on any atom is -0.342 e. The lowest BCUT2D eigenvalue weighted by Gasteiger charge is -2.35. The summed E-state index contributed by atoms with van der Waals surface area (Å²) in [6, 6.07) is 6.17. The molecule has 1 saturated carbocycles. The SMILES string of the molecule is Cc1nc(C2(NC(=O)CSc3ccc([N+](=O)[O-])cc3)CCCCC2)no1. The zero-order valence-corrected chi connectivity index (χ0v) is 15.3. The molecule has 2 aromatic rings. The topological polar surface area (TPSA) is 111 Å². The van der Waals surface area contributed by atoms with Crippen LogP contribution in [0.4, 0.5) is 5.69 Å². The van der Waals surface area contributed by atoms with E-state index in [9.17, 15) is 14.9 Å². The number of non-ortho nitro benzene ring substituents is 1.